The number of aryl methyl sites for hydroxylation is 2. The van der Waals surface area contributed by atoms with Crippen molar-refractivity contribution in [2.24, 2.45) is 0 Å². The van der Waals surface area contributed by atoms with Gasteiger partial charge in [0.1, 0.15) is 5.82 Å². The topological polar surface area (TPSA) is 73.5 Å². The zero-order valence-electron chi connectivity index (χ0n) is 17.5. The Hall–Kier alpha value is -3.87. The Balaban J connectivity index is 1.64. The van der Waals surface area contributed by atoms with E-state index in [1.807, 2.05) is 62.4 Å². The number of hydrogen-bond donors (Lipinski definition) is 3. The molecule has 3 N–H and O–H groups in total. The van der Waals surface area contributed by atoms with Gasteiger partial charge in [-0.1, -0.05) is 35.9 Å². The van der Waals surface area contributed by atoms with E-state index in [1.54, 1.807) is 0 Å². The maximum Gasteiger partial charge on any atom is 0.326 e. The number of rotatable bonds is 6. The minimum absolute atomic E-state index is 0.199. The van der Waals surface area contributed by atoms with E-state index in [4.69, 9.17) is 0 Å². The molecule has 0 aliphatic rings. The van der Waals surface area contributed by atoms with E-state index in [1.165, 1.54) is 29.2 Å². The van der Waals surface area contributed by atoms with Crippen molar-refractivity contribution in [3.63, 3.8) is 0 Å². The SMILES string of the molecule is Cc1ccc(NC(=O)N(CCNC(=O)Nc2ccccc2C)c2ccc(F)cc2)cc1. The Morgan fingerprint density at radius 2 is 1.55 bits per heavy atom. The average Bonchev–Trinajstić information content (AvgIpc) is 2.75. The molecule has 0 radical (unpaired) electrons. The van der Waals surface area contributed by atoms with E-state index < -0.39 is 5.82 Å². The van der Waals surface area contributed by atoms with Crippen molar-refractivity contribution >= 4 is 29.1 Å². The zero-order valence-corrected chi connectivity index (χ0v) is 17.5. The maximum absolute atomic E-state index is 13.3. The Labute approximate surface area is 181 Å². The van der Waals surface area contributed by atoms with Crippen LogP contribution in [0.4, 0.5) is 31.0 Å². The fourth-order valence-corrected chi connectivity index (χ4v) is 2.96. The number of hydrogen-bond acceptors (Lipinski definition) is 2. The number of carbonyl (C=O) groups excluding carboxylic acids is 2. The van der Waals surface area contributed by atoms with Crippen molar-refractivity contribution in [2.75, 3.05) is 28.6 Å². The number of nitrogens with one attached hydrogen (secondary N) is 3. The minimum Gasteiger partial charge on any atom is -0.336 e. The maximum atomic E-state index is 13.3. The van der Waals surface area contributed by atoms with Crippen LogP contribution in [0.3, 0.4) is 0 Å². The van der Waals surface area contributed by atoms with E-state index in [9.17, 15) is 14.0 Å². The van der Waals surface area contributed by atoms with Crippen molar-refractivity contribution in [3.8, 4) is 0 Å². The molecule has 3 aromatic rings. The van der Waals surface area contributed by atoms with Gasteiger partial charge in [0.25, 0.3) is 0 Å². The second-order valence-electron chi connectivity index (χ2n) is 7.12. The van der Waals surface area contributed by atoms with Gasteiger partial charge < -0.3 is 16.0 Å². The van der Waals surface area contributed by atoms with Crippen LogP contribution in [-0.2, 0) is 0 Å². The smallest absolute Gasteiger partial charge is 0.326 e. The van der Waals surface area contributed by atoms with Crippen LogP contribution in [0.5, 0.6) is 0 Å². The lowest BCUT2D eigenvalue weighted by Gasteiger charge is -2.23. The highest BCUT2D eigenvalue weighted by molar-refractivity contribution is 6.01. The summed E-state index contributed by atoms with van der Waals surface area (Å²) in [6, 6.07) is 19.8. The molecular weight excluding hydrogens is 395 g/mol. The fourth-order valence-electron chi connectivity index (χ4n) is 2.96. The van der Waals surface area contributed by atoms with E-state index in [0.29, 0.717) is 17.1 Å². The van der Waals surface area contributed by atoms with Gasteiger partial charge in [-0.25, -0.2) is 14.0 Å². The van der Waals surface area contributed by atoms with Gasteiger partial charge in [-0.3, -0.25) is 4.90 Å². The summed E-state index contributed by atoms with van der Waals surface area (Å²) in [5.41, 5.74) is 3.91. The van der Waals surface area contributed by atoms with Crippen molar-refractivity contribution in [1.82, 2.24) is 5.32 Å². The van der Waals surface area contributed by atoms with Crippen LogP contribution in [0.25, 0.3) is 0 Å². The summed E-state index contributed by atoms with van der Waals surface area (Å²) < 4.78 is 13.3. The fraction of sp³-hybridized carbons (Fsp3) is 0.167. The van der Waals surface area contributed by atoms with Crippen LogP contribution < -0.4 is 20.9 Å². The molecule has 3 aromatic carbocycles. The lowest BCUT2D eigenvalue weighted by molar-refractivity contribution is 0.250. The lowest BCUT2D eigenvalue weighted by Crippen LogP contribution is -2.42. The monoisotopic (exact) mass is 420 g/mol. The van der Waals surface area contributed by atoms with Crippen molar-refractivity contribution in [1.29, 1.82) is 0 Å². The van der Waals surface area contributed by atoms with Gasteiger partial charge in [0.15, 0.2) is 0 Å². The quantitative estimate of drug-likeness (QED) is 0.506. The first-order chi connectivity index (χ1) is 14.9. The van der Waals surface area contributed by atoms with E-state index in [-0.39, 0.29) is 25.2 Å². The third-order valence-electron chi connectivity index (χ3n) is 4.70. The molecule has 160 valence electrons. The number of halogens is 1. The molecule has 0 heterocycles. The summed E-state index contributed by atoms with van der Waals surface area (Å²) in [7, 11) is 0. The van der Waals surface area contributed by atoms with Gasteiger partial charge in [-0.15, -0.1) is 0 Å². The molecule has 0 saturated carbocycles. The number of anilines is 3. The molecule has 6 nitrogen and oxygen atoms in total. The Kier molecular flexibility index (Phi) is 7.22. The Morgan fingerprint density at radius 1 is 0.871 bits per heavy atom. The second kappa shape index (κ2) is 10.2. The molecular formula is C24H25FN4O2. The van der Waals surface area contributed by atoms with Gasteiger partial charge in [0, 0.05) is 30.2 Å². The van der Waals surface area contributed by atoms with E-state index in [2.05, 4.69) is 16.0 Å². The highest BCUT2D eigenvalue weighted by Gasteiger charge is 2.16. The molecule has 0 unspecified atom stereocenters. The number of urea groups is 2. The molecule has 0 aliphatic carbocycles. The van der Waals surface area contributed by atoms with Crippen LogP contribution in [-0.4, -0.2) is 25.2 Å². The average molecular weight is 420 g/mol. The van der Waals surface area contributed by atoms with Crippen molar-refractivity contribution in [2.45, 2.75) is 13.8 Å². The molecule has 0 fully saturated rings. The summed E-state index contributed by atoms with van der Waals surface area (Å²) in [6.07, 6.45) is 0. The minimum atomic E-state index is -0.390. The van der Waals surface area contributed by atoms with Gasteiger partial charge in [0.05, 0.1) is 0 Å². The number of nitrogens with zero attached hydrogens (tertiary/aromatic N) is 1. The van der Waals surface area contributed by atoms with Gasteiger partial charge in [-0.2, -0.15) is 0 Å². The van der Waals surface area contributed by atoms with E-state index >= 15 is 0 Å². The molecule has 0 bridgehead atoms. The van der Waals surface area contributed by atoms with Crippen LogP contribution in [0.2, 0.25) is 0 Å². The van der Waals surface area contributed by atoms with Crippen molar-refractivity contribution < 1.29 is 14.0 Å². The molecule has 4 amide bonds. The summed E-state index contributed by atoms with van der Waals surface area (Å²) >= 11 is 0. The molecule has 0 aromatic heterocycles. The zero-order chi connectivity index (χ0) is 22.2. The summed E-state index contributed by atoms with van der Waals surface area (Å²) in [6.45, 7) is 4.27. The summed E-state index contributed by atoms with van der Waals surface area (Å²) in [4.78, 5) is 26.6. The summed E-state index contributed by atoms with van der Waals surface area (Å²) in [5.74, 6) is -0.390. The number of amides is 4. The van der Waals surface area contributed by atoms with Gasteiger partial charge >= 0.3 is 12.1 Å². The number of para-hydroxylation sites is 1. The largest absolute Gasteiger partial charge is 0.336 e. The van der Waals surface area contributed by atoms with Crippen LogP contribution in [0, 0.1) is 19.7 Å². The number of benzene rings is 3. The highest BCUT2D eigenvalue weighted by atomic mass is 19.1. The van der Waals surface area contributed by atoms with Gasteiger partial charge in [0.2, 0.25) is 0 Å². The van der Waals surface area contributed by atoms with Crippen LogP contribution in [0.15, 0.2) is 72.8 Å². The van der Waals surface area contributed by atoms with Crippen LogP contribution in [0.1, 0.15) is 11.1 Å². The Bertz CT molecular complexity index is 1040. The molecule has 0 aliphatic heterocycles. The first-order valence-corrected chi connectivity index (χ1v) is 9.93. The predicted molar refractivity (Wildman–Crippen MR) is 122 cm³/mol. The molecule has 0 atom stereocenters. The van der Waals surface area contributed by atoms with E-state index in [0.717, 1.165) is 11.1 Å². The third-order valence-corrected chi connectivity index (χ3v) is 4.70. The molecule has 7 heteroatoms. The summed E-state index contributed by atoms with van der Waals surface area (Å²) in [5, 5.41) is 8.37. The molecule has 0 spiro atoms. The Morgan fingerprint density at radius 3 is 2.23 bits per heavy atom. The highest BCUT2D eigenvalue weighted by Crippen LogP contribution is 2.17. The van der Waals surface area contributed by atoms with Crippen molar-refractivity contribution in [3.05, 3.63) is 89.7 Å². The normalized spacial score (nSPS) is 10.3. The van der Waals surface area contributed by atoms with Crippen LogP contribution >= 0.6 is 0 Å². The first kappa shape index (κ1) is 21.8. The molecule has 0 saturated heterocycles. The molecule has 3 rings (SSSR count). The predicted octanol–water partition coefficient (Wildman–Crippen LogP) is 5.30. The number of carbonyl (C=O) groups is 2. The van der Waals surface area contributed by atoms with Gasteiger partial charge in [-0.05, 0) is 61.9 Å². The third kappa shape index (κ3) is 6.30. The second-order valence-corrected chi connectivity index (χ2v) is 7.12. The molecule has 31 heavy (non-hydrogen) atoms. The first-order valence-electron chi connectivity index (χ1n) is 9.93. The standard InChI is InChI=1S/C24H25FN4O2/c1-17-7-11-20(12-8-17)27-24(31)29(21-13-9-19(25)10-14-21)16-15-26-23(30)28-22-6-4-3-5-18(22)2/h3-14H,15-16H2,1-2H3,(H,27,31)(H2,26,28,30). The lowest BCUT2D eigenvalue weighted by atomic mass is 10.2.